The summed E-state index contributed by atoms with van der Waals surface area (Å²) in [5, 5.41) is -1.20. The Morgan fingerprint density at radius 1 is 1.00 bits per heavy atom. The van der Waals surface area contributed by atoms with Gasteiger partial charge in [0.05, 0.1) is 0 Å². The Kier molecular flexibility index (Phi) is 2.84. The molecule has 1 rings (SSSR count). The Hall–Kier alpha value is -0.860. The van der Waals surface area contributed by atoms with Gasteiger partial charge in [-0.1, -0.05) is 18.2 Å². The predicted molar refractivity (Wildman–Crippen MR) is 46.8 cm³/mol. The van der Waals surface area contributed by atoms with Crippen LogP contribution in [0.25, 0.3) is 0 Å². The van der Waals surface area contributed by atoms with Gasteiger partial charge in [0.2, 0.25) is 0 Å². The molecule has 0 N–H and O–H groups in total. The van der Waals surface area contributed by atoms with Crippen molar-refractivity contribution in [3.05, 3.63) is 35.4 Å². The molecule has 0 saturated heterocycles. The van der Waals surface area contributed by atoms with Crippen molar-refractivity contribution < 1.29 is 9.59 Å². The van der Waals surface area contributed by atoms with Crippen LogP contribution >= 0.6 is 23.2 Å². The zero-order chi connectivity index (χ0) is 9.14. The van der Waals surface area contributed by atoms with Crippen LogP contribution in [0.2, 0.25) is 0 Å². The first-order chi connectivity index (χ1) is 5.61. The van der Waals surface area contributed by atoms with Gasteiger partial charge in [-0.3, -0.25) is 9.59 Å². The Morgan fingerprint density at radius 2 is 1.42 bits per heavy atom. The Bertz CT molecular complexity index is 304. The average molecular weight is 205 g/mol. The first-order valence-electron chi connectivity index (χ1n) is 3.11. The van der Waals surface area contributed by atoms with Crippen molar-refractivity contribution in [2.75, 3.05) is 0 Å². The summed E-state index contributed by atoms with van der Waals surface area (Å²) in [5.74, 6) is 0. The number of benzene rings is 1. The normalized spacial score (nSPS) is 9.50. The monoisotopic (exact) mass is 204 g/mol. The smallest absolute Gasteiger partial charge is 0.252 e. The third kappa shape index (κ3) is 2.06. The van der Waals surface area contributed by atoms with Gasteiger partial charge in [0.1, 0.15) is 0 Å². The van der Waals surface area contributed by atoms with Gasteiger partial charge in [-0.05, 0) is 29.3 Å². The van der Waals surface area contributed by atoms with Gasteiger partial charge in [0.15, 0.2) is 0 Å². The van der Waals surface area contributed by atoms with Crippen molar-refractivity contribution in [1.82, 2.24) is 0 Å². The van der Waals surface area contributed by atoms with E-state index >= 15 is 0 Å². The summed E-state index contributed by atoms with van der Waals surface area (Å²) in [6.45, 7) is 0. The van der Waals surface area contributed by atoms with Crippen molar-refractivity contribution in [2.45, 2.75) is 0 Å². The van der Waals surface area contributed by atoms with Crippen LogP contribution in [0.4, 0.5) is 0 Å². The summed E-state index contributed by atoms with van der Waals surface area (Å²) >= 11 is 10.4. The molecule has 0 amide bonds. The van der Waals surface area contributed by atoms with Crippen LogP contribution in [0.5, 0.6) is 0 Å². The standard InChI is InChI=1S/C8H4Cl2O2/c9-7(11)5-2-1-3-6(4-5)8(10)12/h1-4H/i7+1,8+1. The van der Waals surface area contributed by atoms with Crippen molar-refractivity contribution in [3.63, 3.8) is 0 Å². The molecule has 0 aliphatic heterocycles. The number of carbonyl (C=O) groups excluding carboxylic acids is 2. The molecular weight excluding hydrogens is 201 g/mol. The van der Waals surface area contributed by atoms with Gasteiger partial charge in [-0.15, -0.1) is 0 Å². The van der Waals surface area contributed by atoms with Crippen LogP contribution < -0.4 is 0 Å². The van der Waals surface area contributed by atoms with Crippen LogP contribution in [0.1, 0.15) is 20.7 Å². The molecule has 0 spiro atoms. The van der Waals surface area contributed by atoms with E-state index in [2.05, 4.69) is 0 Å². The molecule has 0 saturated carbocycles. The van der Waals surface area contributed by atoms with Gasteiger partial charge in [-0.2, -0.15) is 0 Å². The third-order valence-electron chi connectivity index (χ3n) is 1.32. The molecule has 0 atom stereocenters. The maximum absolute atomic E-state index is 10.6. The first-order valence-corrected chi connectivity index (χ1v) is 3.86. The zero-order valence-corrected chi connectivity index (χ0v) is 7.39. The van der Waals surface area contributed by atoms with Crippen molar-refractivity contribution >= 4 is 33.7 Å². The number of hydrogen-bond acceptors (Lipinski definition) is 2. The molecule has 0 aliphatic rings. The van der Waals surface area contributed by atoms with Gasteiger partial charge in [-0.25, -0.2) is 0 Å². The number of hydrogen-bond donors (Lipinski definition) is 0. The van der Waals surface area contributed by atoms with Crippen LogP contribution in [0.3, 0.4) is 0 Å². The maximum Gasteiger partial charge on any atom is 0.252 e. The van der Waals surface area contributed by atoms with E-state index in [0.717, 1.165) is 0 Å². The molecule has 0 unspecified atom stereocenters. The van der Waals surface area contributed by atoms with E-state index < -0.39 is 10.5 Å². The second kappa shape index (κ2) is 3.70. The molecule has 1 aromatic rings. The Morgan fingerprint density at radius 3 is 1.75 bits per heavy atom. The molecule has 1 aromatic carbocycles. The van der Waals surface area contributed by atoms with Crippen LogP contribution in [0.15, 0.2) is 24.3 Å². The molecule has 2 nitrogen and oxygen atoms in total. The fraction of sp³-hybridized carbons (Fsp3) is 0. The molecule has 0 fully saturated rings. The number of halogens is 2. The van der Waals surface area contributed by atoms with Crippen LogP contribution in [-0.4, -0.2) is 10.5 Å². The highest BCUT2D eigenvalue weighted by Crippen LogP contribution is 2.09. The molecule has 0 bridgehead atoms. The summed E-state index contributed by atoms with van der Waals surface area (Å²) in [7, 11) is 0. The maximum atomic E-state index is 10.6. The van der Waals surface area contributed by atoms with E-state index in [-0.39, 0.29) is 11.1 Å². The van der Waals surface area contributed by atoms with Crippen LogP contribution in [-0.2, 0) is 0 Å². The zero-order valence-electron chi connectivity index (χ0n) is 5.88. The van der Waals surface area contributed by atoms with E-state index in [9.17, 15) is 9.59 Å². The quantitative estimate of drug-likeness (QED) is 0.548. The fourth-order valence-corrected chi connectivity index (χ4v) is 0.999. The first kappa shape index (κ1) is 9.23. The predicted octanol–water partition coefficient (Wildman–Crippen LogP) is 2.44. The Labute approximate surface area is 79.1 Å². The summed E-state index contributed by atoms with van der Waals surface area (Å²) in [5.41, 5.74) is 0.534. The minimum Gasteiger partial charge on any atom is -0.276 e. The summed E-state index contributed by atoms with van der Waals surface area (Å²) in [4.78, 5) is 21.3. The molecule has 62 valence electrons. The second-order valence-corrected chi connectivity index (χ2v) is 2.81. The molecule has 0 radical (unpaired) electrons. The van der Waals surface area contributed by atoms with Crippen molar-refractivity contribution in [3.8, 4) is 0 Å². The number of rotatable bonds is 2. The minimum atomic E-state index is -0.602. The van der Waals surface area contributed by atoms with E-state index in [0.29, 0.717) is 0 Å². The Balaban J connectivity index is 3.12. The highest BCUT2D eigenvalue weighted by molar-refractivity contribution is 6.69. The van der Waals surface area contributed by atoms with Gasteiger partial charge in [0, 0.05) is 11.1 Å². The molecular formula is C8H4Cl2O2. The summed E-state index contributed by atoms with van der Waals surface area (Å²) in [6, 6.07) is 5.92. The largest absolute Gasteiger partial charge is 0.276 e. The summed E-state index contributed by atoms with van der Waals surface area (Å²) in [6.07, 6.45) is 0. The third-order valence-corrected chi connectivity index (χ3v) is 1.75. The van der Waals surface area contributed by atoms with Crippen molar-refractivity contribution in [1.29, 1.82) is 0 Å². The van der Waals surface area contributed by atoms with Crippen molar-refractivity contribution in [2.24, 2.45) is 0 Å². The van der Waals surface area contributed by atoms with E-state index in [4.69, 9.17) is 23.2 Å². The van der Waals surface area contributed by atoms with E-state index in [1.807, 2.05) is 0 Å². The average Bonchev–Trinajstić information content (AvgIpc) is 2.04. The minimum absolute atomic E-state index is 0.267. The van der Waals surface area contributed by atoms with Crippen LogP contribution in [0, 0.1) is 0 Å². The fourth-order valence-electron chi connectivity index (χ4n) is 0.764. The molecule has 0 aliphatic carbocycles. The van der Waals surface area contributed by atoms with Gasteiger partial charge in [0.25, 0.3) is 10.5 Å². The highest BCUT2D eigenvalue weighted by atomic mass is 35.5. The lowest BCUT2D eigenvalue weighted by molar-refractivity contribution is 0.108. The second-order valence-electron chi connectivity index (χ2n) is 2.13. The highest BCUT2D eigenvalue weighted by Gasteiger charge is 2.05. The van der Waals surface area contributed by atoms with Gasteiger partial charge >= 0.3 is 0 Å². The number of carbonyl (C=O) groups is 2. The lowest BCUT2D eigenvalue weighted by Gasteiger charge is -1.95. The molecule has 0 aromatic heterocycles. The van der Waals surface area contributed by atoms with E-state index in [1.54, 1.807) is 6.07 Å². The lowest BCUT2D eigenvalue weighted by atomic mass is 10.2. The molecule has 0 heterocycles. The van der Waals surface area contributed by atoms with E-state index in [1.165, 1.54) is 18.2 Å². The topological polar surface area (TPSA) is 34.1 Å². The molecule has 4 heteroatoms. The molecule has 12 heavy (non-hydrogen) atoms. The lowest BCUT2D eigenvalue weighted by Crippen LogP contribution is -1.93. The van der Waals surface area contributed by atoms with Gasteiger partial charge < -0.3 is 0 Å². The summed E-state index contributed by atoms with van der Waals surface area (Å²) < 4.78 is 0. The SMILES string of the molecule is O=[13C](Cl)c1cccc([13C](=O)Cl)c1.